The number of amides is 2. The fourth-order valence-corrected chi connectivity index (χ4v) is 2.33. The lowest BCUT2D eigenvalue weighted by atomic mass is 9.95. The summed E-state index contributed by atoms with van der Waals surface area (Å²) < 4.78 is 9.83. The van der Waals surface area contributed by atoms with Crippen molar-refractivity contribution in [3.05, 3.63) is 12.7 Å². The minimum atomic E-state index is -1.20. The van der Waals surface area contributed by atoms with Crippen molar-refractivity contribution < 1.29 is 23.9 Å². The molecule has 22 heavy (non-hydrogen) atoms. The lowest BCUT2D eigenvalue weighted by Crippen LogP contribution is -2.57. The quantitative estimate of drug-likeness (QED) is 0.623. The van der Waals surface area contributed by atoms with Gasteiger partial charge in [-0.15, -0.1) is 6.58 Å². The molecular weight excluding hydrogens is 288 g/mol. The maximum atomic E-state index is 12.5. The first-order valence-corrected chi connectivity index (χ1v) is 7.15. The fourth-order valence-electron chi connectivity index (χ4n) is 2.33. The maximum Gasteiger partial charge on any atom is 0.411 e. The van der Waals surface area contributed by atoms with Gasteiger partial charge in [0.2, 0.25) is 0 Å². The number of methoxy groups -OCH3 is 1. The lowest BCUT2D eigenvalue weighted by Gasteiger charge is -2.35. The highest BCUT2D eigenvalue weighted by Gasteiger charge is 2.48. The minimum Gasteiger partial charge on any atom is -0.468 e. The Morgan fingerprint density at radius 1 is 1.36 bits per heavy atom. The molecule has 0 aliphatic carbocycles. The van der Waals surface area contributed by atoms with E-state index in [1.807, 2.05) is 0 Å². The van der Waals surface area contributed by atoms with Crippen LogP contribution in [-0.4, -0.2) is 54.2 Å². The van der Waals surface area contributed by atoms with Crippen LogP contribution in [0.2, 0.25) is 0 Å². The number of nitrogens with one attached hydrogen (secondary N) is 1. The average Bonchev–Trinajstić information content (AvgIpc) is 2.87. The SMILES string of the molecule is C=C[C@@]1(C(=O)NCC(=O)OC)CCCN1C(=O)OC(C)(C)C. The number of hydrogen-bond acceptors (Lipinski definition) is 5. The van der Waals surface area contributed by atoms with Gasteiger partial charge in [0, 0.05) is 6.54 Å². The summed E-state index contributed by atoms with van der Waals surface area (Å²) >= 11 is 0. The molecule has 0 aromatic rings. The predicted octanol–water partition coefficient (Wildman–Crippen LogP) is 1.23. The Hall–Kier alpha value is -2.05. The van der Waals surface area contributed by atoms with Crippen molar-refractivity contribution in [3.8, 4) is 0 Å². The number of hydrogen-bond donors (Lipinski definition) is 1. The van der Waals surface area contributed by atoms with E-state index in [2.05, 4.69) is 16.6 Å². The highest BCUT2D eigenvalue weighted by atomic mass is 16.6. The zero-order valence-electron chi connectivity index (χ0n) is 13.6. The zero-order chi connectivity index (χ0) is 17.0. The van der Waals surface area contributed by atoms with Crippen LogP contribution in [0.4, 0.5) is 4.79 Å². The van der Waals surface area contributed by atoms with Crippen molar-refractivity contribution in [2.24, 2.45) is 0 Å². The first-order chi connectivity index (χ1) is 10.2. The van der Waals surface area contributed by atoms with Gasteiger partial charge in [-0.2, -0.15) is 0 Å². The molecule has 0 aromatic carbocycles. The molecule has 0 spiro atoms. The highest BCUT2D eigenvalue weighted by Crippen LogP contribution is 2.32. The smallest absolute Gasteiger partial charge is 0.411 e. The first kappa shape index (κ1) is 18.0. The van der Waals surface area contributed by atoms with Gasteiger partial charge in [0.05, 0.1) is 7.11 Å². The first-order valence-electron chi connectivity index (χ1n) is 7.15. The van der Waals surface area contributed by atoms with E-state index in [9.17, 15) is 14.4 Å². The van der Waals surface area contributed by atoms with Crippen molar-refractivity contribution in [1.29, 1.82) is 0 Å². The number of nitrogens with zero attached hydrogens (tertiary/aromatic N) is 1. The number of esters is 1. The molecule has 1 aliphatic rings. The Morgan fingerprint density at radius 3 is 2.50 bits per heavy atom. The van der Waals surface area contributed by atoms with Crippen molar-refractivity contribution in [2.75, 3.05) is 20.2 Å². The van der Waals surface area contributed by atoms with Crippen molar-refractivity contribution in [3.63, 3.8) is 0 Å². The largest absolute Gasteiger partial charge is 0.468 e. The molecule has 0 radical (unpaired) electrons. The van der Waals surface area contributed by atoms with Gasteiger partial charge in [-0.05, 0) is 33.6 Å². The van der Waals surface area contributed by atoms with Crippen LogP contribution in [-0.2, 0) is 19.1 Å². The third kappa shape index (κ3) is 3.99. The molecule has 1 atom stereocenters. The average molecular weight is 312 g/mol. The number of ether oxygens (including phenoxy) is 2. The van der Waals surface area contributed by atoms with Crippen LogP contribution < -0.4 is 5.32 Å². The predicted molar refractivity (Wildman–Crippen MR) is 80.1 cm³/mol. The highest BCUT2D eigenvalue weighted by molar-refractivity contribution is 5.94. The molecule has 124 valence electrons. The Morgan fingerprint density at radius 2 is 2.00 bits per heavy atom. The van der Waals surface area contributed by atoms with Gasteiger partial charge < -0.3 is 14.8 Å². The third-order valence-electron chi connectivity index (χ3n) is 3.39. The Bertz CT molecular complexity index is 469. The second-order valence-corrected chi connectivity index (χ2v) is 6.12. The molecular formula is C15H24N2O5. The van der Waals surface area contributed by atoms with E-state index in [0.717, 1.165) is 0 Å². The molecule has 0 unspecified atom stereocenters. The van der Waals surface area contributed by atoms with E-state index in [-0.39, 0.29) is 6.54 Å². The summed E-state index contributed by atoms with van der Waals surface area (Å²) in [5.41, 5.74) is -1.86. The monoisotopic (exact) mass is 312 g/mol. The summed E-state index contributed by atoms with van der Waals surface area (Å²) in [5, 5.41) is 2.48. The van der Waals surface area contributed by atoms with E-state index in [1.54, 1.807) is 20.8 Å². The molecule has 7 nitrogen and oxygen atoms in total. The lowest BCUT2D eigenvalue weighted by molar-refractivity contribution is -0.142. The molecule has 1 aliphatic heterocycles. The third-order valence-corrected chi connectivity index (χ3v) is 3.39. The fraction of sp³-hybridized carbons (Fsp3) is 0.667. The minimum absolute atomic E-state index is 0.257. The van der Waals surface area contributed by atoms with Gasteiger partial charge in [0.25, 0.3) is 5.91 Å². The maximum absolute atomic E-state index is 12.5. The van der Waals surface area contributed by atoms with E-state index in [4.69, 9.17) is 4.74 Å². The van der Waals surface area contributed by atoms with Crippen molar-refractivity contribution in [1.82, 2.24) is 10.2 Å². The Balaban J connectivity index is 2.89. The molecule has 1 rings (SSSR count). The number of carbonyl (C=O) groups excluding carboxylic acids is 3. The van der Waals surface area contributed by atoms with E-state index >= 15 is 0 Å². The summed E-state index contributed by atoms with van der Waals surface area (Å²) in [6.07, 6.45) is 1.94. The second kappa shape index (κ2) is 6.81. The van der Waals surface area contributed by atoms with Crippen LogP contribution in [0.5, 0.6) is 0 Å². The van der Waals surface area contributed by atoms with E-state index < -0.39 is 29.1 Å². The summed E-state index contributed by atoms with van der Waals surface area (Å²) in [6, 6.07) is 0. The summed E-state index contributed by atoms with van der Waals surface area (Å²) in [5.74, 6) is -1.02. The number of rotatable bonds is 4. The van der Waals surface area contributed by atoms with Crippen LogP contribution in [0.3, 0.4) is 0 Å². The normalized spacial score (nSPS) is 21.2. The molecule has 0 bridgehead atoms. The van der Waals surface area contributed by atoms with Crippen molar-refractivity contribution in [2.45, 2.75) is 44.8 Å². The number of carbonyl (C=O) groups is 3. The van der Waals surface area contributed by atoms with Crippen LogP contribution in [0.25, 0.3) is 0 Å². The Labute approximate surface area is 130 Å². The van der Waals surface area contributed by atoms with Crippen LogP contribution in [0.15, 0.2) is 12.7 Å². The zero-order valence-corrected chi connectivity index (χ0v) is 13.6. The molecule has 0 saturated carbocycles. The molecule has 7 heteroatoms. The number of likely N-dealkylation sites (tertiary alicyclic amines) is 1. The molecule has 0 aromatic heterocycles. The Kier molecular flexibility index (Phi) is 5.57. The molecule has 2 amide bonds. The van der Waals surface area contributed by atoms with Gasteiger partial charge in [-0.1, -0.05) is 6.08 Å². The van der Waals surface area contributed by atoms with Crippen molar-refractivity contribution >= 4 is 18.0 Å². The van der Waals surface area contributed by atoms with Gasteiger partial charge >= 0.3 is 12.1 Å². The summed E-state index contributed by atoms with van der Waals surface area (Å²) in [7, 11) is 1.24. The molecule has 1 saturated heterocycles. The molecule has 1 heterocycles. The van der Waals surface area contributed by atoms with E-state index in [1.165, 1.54) is 18.1 Å². The molecule has 1 N–H and O–H groups in total. The van der Waals surface area contributed by atoms with Crippen LogP contribution in [0.1, 0.15) is 33.6 Å². The molecule has 1 fully saturated rings. The van der Waals surface area contributed by atoms with Crippen LogP contribution >= 0.6 is 0 Å². The standard InChI is InChI=1S/C15H24N2O5/c1-6-15(12(19)16-10-11(18)21-5)8-7-9-17(15)13(20)22-14(2,3)4/h6H,1,7-10H2,2-5H3,(H,16,19)/t15-/m0/s1. The van der Waals surface area contributed by atoms with E-state index in [0.29, 0.717) is 19.4 Å². The van der Waals surface area contributed by atoms with Crippen LogP contribution in [0, 0.1) is 0 Å². The summed E-state index contributed by atoms with van der Waals surface area (Å²) in [4.78, 5) is 37.3. The second-order valence-electron chi connectivity index (χ2n) is 6.12. The van der Waals surface area contributed by atoms with Gasteiger partial charge in [-0.3, -0.25) is 14.5 Å². The van der Waals surface area contributed by atoms with Gasteiger partial charge in [-0.25, -0.2) is 4.79 Å². The summed E-state index contributed by atoms with van der Waals surface area (Å²) in [6.45, 7) is 9.10. The topological polar surface area (TPSA) is 84.9 Å². The van der Waals surface area contributed by atoms with Gasteiger partial charge in [0.1, 0.15) is 17.7 Å². The van der Waals surface area contributed by atoms with Gasteiger partial charge in [0.15, 0.2) is 0 Å².